The predicted molar refractivity (Wildman–Crippen MR) is 108 cm³/mol. The lowest BCUT2D eigenvalue weighted by molar-refractivity contribution is 0.0935. The largest absolute Gasteiger partial charge is 0.497 e. The molecule has 2 N–H and O–H groups in total. The molecule has 1 aromatic carbocycles. The molecule has 3 heterocycles. The van der Waals surface area contributed by atoms with E-state index in [2.05, 4.69) is 26.5 Å². The number of methoxy groups -OCH3 is 1. The van der Waals surface area contributed by atoms with Crippen LogP contribution in [-0.4, -0.2) is 42.3 Å². The van der Waals surface area contributed by atoms with Crippen LogP contribution in [0.25, 0.3) is 11.3 Å². The number of ether oxygens (including phenoxy) is 1. The molecule has 0 unspecified atom stereocenters. The molecule has 140 valence electrons. The van der Waals surface area contributed by atoms with E-state index in [1.165, 1.54) is 11.3 Å². The number of nitrogens with zero attached hydrogens (tertiary/aromatic N) is 2. The number of anilines is 1. The van der Waals surface area contributed by atoms with Crippen molar-refractivity contribution in [3.63, 3.8) is 0 Å². The fourth-order valence-corrected chi connectivity index (χ4v) is 3.94. The van der Waals surface area contributed by atoms with E-state index in [1.807, 2.05) is 41.8 Å². The van der Waals surface area contributed by atoms with Crippen LogP contribution >= 0.6 is 11.3 Å². The second-order valence-corrected chi connectivity index (χ2v) is 7.53. The monoisotopic (exact) mass is 382 g/mol. The SMILES string of the molecule is COc1ccc(-c2cc(N3CCC(NC(=O)c4cccs4)CC3)n[nH]2)cc1. The number of benzene rings is 1. The van der Waals surface area contributed by atoms with Crippen molar-refractivity contribution in [1.29, 1.82) is 0 Å². The number of aromatic amines is 1. The van der Waals surface area contributed by atoms with Crippen molar-refractivity contribution in [3.05, 3.63) is 52.7 Å². The third-order valence-electron chi connectivity index (χ3n) is 4.86. The quantitative estimate of drug-likeness (QED) is 0.708. The number of carbonyl (C=O) groups is 1. The lowest BCUT2D eigenvalue weighted by atomic mass is 10.0. The number of H-pyrrole nitrogens is 1. The van der Waals surface area contributed by atoms with Crippen molar-refractivity contribution in [1.82, 2.24) is 15.5 Å². The minimum atomic E-state index is 0.0324. The Hall–Kier alpha value is -2.80. The van der Waals surface area contributed by atoms with E-state index < -0.39 is 0 Å². The molecule has 0 saturated carbocycles. The van der Waals surface area contributed by atoms with E-state index in [1.54, 1.807) is 7.11 Å². The number of carbonyl (C=O) groups excluding carboxylic acids is 1. The van der Waals surface area contributed by atoms with Crippen molar-refractivity contribution in [2.24, 2.45) is 0 Å². The van der Waals surface area contributed by atoms with Crippen LogP contribution in [0.15, 0.2) is 47.8 Å². The van der Waals surface area contributed by atoms with Gasteiger partial charge in [0.2, 0.25) is 0 Å². The average Bonchev–Trinajstić information content (AvgIpc) is 3.41. The van der Waals surface area contributed by atoms with Crippen LogP contribution in [0.1, 0.15) is 22.5 Å². The van der Waals surface area contributed by atoms with Crippen LogP contribution in [0.2, 0.25) is 0 Å². The summed E-state index contributed by atoms with van der Waals surface area (Å²) in [5.41, 5.74) is 2.06. The zero-order valence-corrected chi connectivity index (χ0v) is 16.0. The normalized spacial score (nSPS) is 14.9. The maximum atomic E-state index is 12.2. The smallest absolute Gasteiger partial charge is 0.261 e. The van der Waals surface area contributed by atoms with Crippen LogP contribution in [0.4, 0.5) is 5.82 Å². The van der Waals surface area contributed by atoms with E-state index in [0.717, 1.165) is 53.6 Å². The van der Waals surface area contributed by atoms with E-state index in [-0.39, 0.29) is 11.9 Å². The molecular formula is C20H22N4O2S. The summed E-state index contributed by atoms with van der Waals surface area (Å²) in [6.07, 6.45) is 1.84. The number of piperidine rings is 1. The summed E-state index contributed by atoms with van der Waals surface area (Å²) in [7, 11) is 1.66. The predicted octanol–water partition coefficient (Wildman–Crippen LogP) is 3.55. The Labute approximate surface area is 162 Å². The van der Waals surface area contributed by atoms with E-state index in [4.69, 9.17) is 4.74 Å². The van der Waals surface area contributed by atoms with Crippen molar-refractivity contribution in [3.8, 4) is 17.0 Å². The summed E-state index contributed by atoms with van der Waals surface area (Å²) in [4.78, 5) is 15.2. The molecule has 7 heteroatoms. The summed E-state index contributed by atoms with van der Waals surface area (Å²) in [5.74, 6) is 1.82. The number of amides is 1. The number of nitrogens with one attached hydrogen (secondary N) is 2. The van der Waals surface area contributed by atoms with E-state index in [0.29, 0.717) is 0 Å². The number of rotatable bonds is 5. The average molecular weight is 382 g/mol. The van der Waals surface area contributed by atoms with Gasteiger partial charge in [0.25, 0.3) is 5.91 Å². The number of thiophene rings is 1. The Morgan fingerprint density at radius 3 is 2.70 bits per heavy atom. The van der Waals surface area contributed by atoms with Gasteiger partial charge in [-0.3, -0.25) is 9.89 Å². The van der Waals surface area contributed by atoms with Gasteiger partial charge in [0.1, 0.15) is 5.75 Å². The minimum absolute atomic E-state index is 0.0324. The zero-order chi connectivity index (χ0) is 18.6. The number of hydrogen-bond acceptors (Lipinski definition) is 5. The second-order valence-electron chi connectivity index (χ2n) is 6.58. The topological polar surface area (TPSA) is 70.2 Å². The second kappa shape index (κ2) is 7.84. The van der Waals surface area contributed by atoms with Gasteiger partial charge >= 0.3 is 0 Å². The van der Waals surface area contributed by atoms with Gasteiger partial charge in [-0.05, 0) is 54.1 Å². The molecule has 1 amide bonds. The Morgan fingerprint density at radius 2 is 2.04 bits per heavy atom. The first-order valence-corrected chi connectivity index (χ1v) is 9.90. The first kappa shape index (κ1) is 17.6. The highest BCUT2D eigenvalue weighted by Gasteiger charge is 2.23. The van der Waals surface area contributed by atoms with Gasteiger partial charge < -0.3 is 15.0 Å². The van der Waals surface area contributed by atoms with Gasteiger partial charge in [0.05, 0.1) is 17.7 Å². The molecule has 6 nitrogen and oxygen atoms in total. The zero-order valence-electron chi connectivity index (χ0n) is 15.1. The van der Waals surface area contributed by atoms with Crippen LogP contribution in [0, 0.1) is 0 Å². The molecule has 2 aromatic heterocycles. The standard InChI is InChI=1S/C20H22N4O2S/c1-26-16-6-4-14(5-7-16)17-13-19(23-22-17)24-10-8-15(9-11-24)21-20(25)18-3-2-12-27-18/h2-7,12-13,15H,8-11H2,1H3,(H,21,25)(H,22,23). The molecule has 3 aromatic rings. The fourth-order valence-electron chi connectivity index (χ4n) is 3.31. The van der Waals surface area contributed by atoms with Crippen LogP contribution in [0.5, 0.6) is 5.75 Å². The van der Waals surface area contributed by atoms with Crippen molar-refractivity contribution >= 4 is 23.1 Å². The van der Waals surface area contributed by atoms with E-state index in [9.17, 15) is 4.79 Å². The molecular weight excluding hydrogens is 360 g/mol. The third-order valence-corrected chi connectivity index (χ3v) is 5.73. The molecule has 1 aliphatic rings. The molecule has 0 atom stereocenters. The van der Waals surface area contributed by atoms with Gasteiger partial charge in [-0.25, -0.2) is 0 Å². The summed E-state index contributed by atoms with van der Waals surface area (Å²) in [6, 6.07) is 14.0. The molecule has 0 bridgehead atoms. The highest BCUT2D eigenvalue weighted by Crippen LogP contribution is 2.25. The third kappa shape index (κ3) is 3.98. The Morgan fingerprint density at radius 1 is 1.26 bits per heavy atom. The Bertz CT molecular complexity index is 881. The molecule has 1 saturated heterocycles. The van der Waals surface area contributed by atoms with Crippen LogP contribution in [-0.2, 0) is 0 Å². The lowest BCUT2D eigenvalue weighted by Gasteiger charge is -2.32. The summed E-state index contributed by atoms with van der Waals surface area (Å²) >= 11 is 1.48. The Kier molecular flexibility index (Phi) is 5.11. The molecule has 0 aliphatic carbocycles. The van der Waals surface area contributed by atoms with Crippen molar-refractivity contribution < 1.29 is 9.53 Å². The van der Waals surface area contributed by atoms with Gasteiger partial charge in [-0.2, -0.15) is 5.10 Å². The van der Waals surface area contributed by atoms with Crippen molar-refractivity contribution in [2.45, 2.75) is 18.9 Å². The molecule has 27 heavy (non-hydrogen) atoms. The van der Waals surface area contributed by atoms with Gasteiger partial charge in [0.15, 0.2) is 5.82 Å². The summed E-state index contributed by atoms with van der Waals surface area (Å²) < 4.78 is 5.20. The van der Waals surface area contributed by atoms with Crippen LogP contribution < -0.4 is 15.0 Å². The minimum Gasteiger partial charge on any atom is -0.497 e. The molecule has 0 spiro atoms. The fraction of sp³-hybridized carbons (Fsp3) is 0.300. The van der Waals surface area contributed by atoms with Crippen LogP contribution in [0.3, 0.4) is 0 Å². The summed E-state index contributed by atoms with van der Waals surface area (Å²) in [6.45, 7) is 1.75. The molecule has 1 aliphatic heterocycles. The van der Waals surface area contributed by atoms with Gasteiger partial charge in [-0.1, -0.05) is 6.07 Å². The highest BCUT2D eigenvalue weighted by molar-refractivity contribution is 7.12. The number of aromatic nitrogens is 2. The molecule has 0 radical (unpaired) electrons. The van der Waals surface area contributed by atoms with Gasteiger partial charge in [-0.15, -0.1) is 11.3 Å². The number of hydrogen-bond donors (Lipinski definition) is 2. The Balaban J connectivity index is 1.34. The first-order chi connectivity index (χ1) is 13.2. The molecule has 1 fully saturated rings. The maximum Gasteiger partial charge on any atom is 0.261 e. The first-order valence-electron chi connectivity index (χ1n) is 9.02. The lowest BCUT2D eigenvalue weighted by Crippen LogP contribution is -2.44. The van der Waals surface area contributed by atoms with E-state index >= 15 is 0 Å². The maximum absolute atomic E-state index is 12.2. The van der Waals surface area contributed by atoms with Gasteiger partial charge in [0, 0.05) is 25.2 Å². The van der Waals surface area contributed by atoms with Crippen molar-refractivity contribution in [2.75, 3.05) is 25.1 Å². The molecule has 4 rings (SSSR count). The summed E-state index contributed by atoms with van der Waals surface area (Å²) in [5, 5.41) is 12.7. The highest BCUT2D eigenvalue weighted by atomic mass is 32.1.